The second-order valence-corrected chi connectivity index (χ2v) is 6.68. The summed E-state index contributed by atoms with van der Waals surface area (Å²) in [6.07, 6.45) is 2.41. The number of hydrogen-bond acceptors (Lipinski definition) is 5. The molecule has 2 aromatic rings. The minimum Gasteiger partial charge on any atom is -0.353 e. The first-order valence-corrected chi connectivity index (χ1v) is 8.29. The molecule has 7 nitrogen and oxygen atoms in total. The van der Waals surface area contributed by atoms with Crippen LogP contribution in [-0.2, 0) is 11.4 Å². The molecule has 1 aromatic heterocycles. The van der Waals surface area contributed by atoms with E-state index in [-0.39, 0.29) is 10.6 Å². The molecule has 0 atom stereocenters. The van der Waals surface area contributed by atoms with Gasteiger partial charge in [0.05, 0.1) is 10.4 Å². The quantitative estimate of drug-likeness (QED) is 0.624. The standard InChI is InChI=1S/C18H18N4O3/c1-10-8-19-25-11(2)17(10)14-6-15-18(16(7-14)22(23)24)20-12(3)21(15)9-13-4-5-13/h6-7,13H,4-5,9H2,1-3H3. The summed E-state index contributed by atoms with van der Waals surface area (Å²) < 4.78 is 2.09. The van der Waals surface area contributed by atoms with E-state index in [1.807, 2.05) is 19.9 Å². The summed E-state index contributed by atoms with van der Waals surface area (Å²) in [6.45, 7) is 6.42. The number of benzene rings is 1. The molecule has 4 rings (SSSR count). The largest absolute Gasteiger partial charge is 0.353 e. The Morgan fingerprint density at radius 1 is 1.36 bits per heavy atom. The number of aromatic nitrogens is 2. The maximum atomic E-state index is 11.6. The van der Waals surface area contributed by atoms with Gasteiger partial charge in [-0.3, -0.25) is 10.1 Å². The van der Waals surface area contributed by atoms with Gasteiger partial charge in [-0.1, -0.05) is 0 Å². The minimum absolute atomic E-state index is 0.0146. The van der Waals surface area contributed by atoms with Crippen molar-refractivity contribution in [1.82, 2.24) is 9.55 Å². The lowest BCUT2D eigenvalue weighted by atomic mass is 9.97. The third-order valence-electron chi connectivity index (χ3n) is 4.77. The van der Waals surface area contributed by atoms with Crippen LogP contribution in [-0.4, -0.2) is 20.3 Å². The average molecular weight is 338 g/mol. The number of nitrogens with zero attached hydrogens (tertiary/aromatic N) is 4. The highest BCUT2D eigenvalue weighted by atomic mass is 16.6. The molecule has 128 valence electrons. The van der Waals surface area contributed by atoms with Gasteiger partial charge in [0.1, 0.15) is 11.6 Å². The number of hydrogen-bond donors (Lipinski definition) is 0. The van der Waals surface area contributed by atoms with E-state index in [2.05, 4.69) is 20.6 Å². The molecule has 0 N–H and O–H groups in total. The fourth-order valence-electron chi connectivity index (χ4n) is 3.34. The van der Waals surface area contributed by atoms with Crippen molar-refractivity contribution in [1.29, 1.82) is 0 Å². The zero-order valence-corrected chi connectivity index (χ0v) is 14.4. The Morgan fingerprint density at radius 2 is 2.12 bits per heavy atom. The van der Waals surface area contributed by atoms with Crippen molar-refractivity contribution >= 4 is 28.2 Å². The molecule has 25 heavy (non-hydrogen) atoms. The fraction of sp³-hybridized carbons (Fsp3) is 0.389. The van der Waals surface area contributed by atoms with Gasteiger partial charge in [0.15, 0.2) is 5.52 Å². The number of allylic oxidation sites excluding steroid dienone is 3. The maximum absolute atomic E-state index is 11.6. The molecule has 0 radical (unpaired) electrons. The van der Waals surface area contributed by atoms with E-state index in [4.69, 9.17) is 4.84 Å². The van der Waals surface area contributed by atoms with E-state index in [9.17, 15) is 10.1 Å². The van der Waals surface area contributed by atoms with Crippen LogP contribution < -0.4 is 0 Å². The average Bonchev–Trinajstić information content (AvgIpc) is 3.31. The van der Waals surface area contributed by atoms with Gasteiger partial charge in [0, 0.05) is 29.6 Å². The van der Waals surface area contributed by atoms with Crippen LogP contribution in [0.2, 0.25) is 0 Å². The van der Waals surface area contributed by atoms with Crippen LogP contribution >= 0.6 is 0 Å². The molecule has 2 aliphatic rings. The van der Waals surface area contributed by atoms with E-state index in [1.165, 1.54) is 12.8 Å². The topological polar surface area (TPSA) is 82.6 Å². The van der Waals surface area contributed by atoms with E-state index in [0.717, 1.165) is 34.6 Å². The Labute approximate surface area is 144 Å². The summed E-state index contributed by atoms with van der Waals surface area (Å²) >= 11 is 0. The maximum Gasteiger partial charge on any atom is 0.297 e. The number of imidazole rings is 1. The van der Waals surface area contributed by atoms with Crippen molar-refractivity contribution in [3.63, 3.8) is 0 Å². The molecule has 1 saturated carbocycles. The summed E-state index contributed by atoms with van der Waals surface area (Å²) in [6, 6.07) is 3.53. The van der Waals surface area contributed by atoms with Crippen LogP contribution in [0.5, 0.6) is 0 Å². The van der Waals surface area contributed by atoms with E-state index >= 15 is 0 Å². The Kier molecular flexibility index (Phi) is 3.47. The van der Waals surface area contributed by atoms with Gasteiger partial charge in [-0.25, -0.2) is 4.98 Å². The van der Waals surface area contributed by atoms with Crippen molar-refractivity contribution in [3.8, 4) is 0 Å². The first kappa shape index (κ1) is 15.6. The van der Waals surface area contributed by atoms with Crippen LogP contribution in [0.15, 0.2) is 28.6 Å². The van der Waals surface area contributed by atoms with Crippen LogP contribution in [0.1, 0.15) is 38.1 Å². The van der Waals surface area contributed by atoms with Gasteiger partial charge >= 0.3 is 0 Å². The highest BCUT2D eigenvalue weighted by Crippen LogP contribution is 2.37. The predicted molar refractivity (Wildman–Crippen MR) is 94.1 cm³/mol. The van der Waals surface area contributed by atoms with Gasteiger partial charge < -0.3 is 9.40 Å². The number of nitro benzene ring substituents is 1. The molecule has 0 spiro atoms. The Morgan fingerprint density at radius 3 is 2.76 bits per heavy atom. The van der Waals surface area contributed by atoms with Crippen LogP contribution in [0, 0.1) is 23.0 Å². The highest BCUT2D eigenvalue weighted by Gasteiger charge is 2.27. The van der Waals surface area contributed by atoms with Gasteiger partial charge in [-0.2, -0.15) is 0 Å². The third kappa shape index (κ3) is 2.62. The van der Waals surface area contributed by atoms with Gasteiger partial charge in [-0.05, 0) is 56.3 Å². The number of aryl methyl sites for hydroxylation is 1. The molecule has 0 bridgehead atoms. The molecule has 1 aliphatic heterocycles. The molecule has 1 aliphatic carbocycles. The zero-order chi connectivity index (χ0) is 17.7. The molecule has 1 fully saturated rings. The van der Waals surface area contributed by atoms with E-state index < -0.39 is 0 Å². The van der Waals surface area contributed by atoms with Crippen molar-refractivity contribution in [2.24, 2.45) is 11.1 Å². The normalized spacial score (nSPS) is 17.0. The first-order valence-electron chi connectivity index (χ1n) is 8.29. The minimum atomic E-state index is -0.369. The van der Waals surface area contributed by atoms with Crippen LogP contribution in [0.25, 0.3) is 16.6 Å². The smallest absolute Gasteiger partial charge is 0.297 e. The first-order chi connectivity index (χ1) is 12.0. The Bertz CT molecular complexity index is 1000. The van der Waals surface area contributed by atoms with Crippen molar-refractivity contribution in [2.75, 3.05) is 0 Å². The van der Waals surface area contributed by atoms with Gasteiger partial charge in [0.25, 0.3) is 5.69 Å². The molecule has 0 amide bonds. The van der Waals surface area contributed by atoms with Crippen molar-refractivity contribution in [3.05, 3.63) is 45.0 Å². The summed E-state index contributed by atoms with van der Waals surface area (Å²) in [7, 11) is 0. The predicted octanol–water partition coefficient (Wildman–Crippen LogP) is 3.96. The molecular formula is C18H18N4O3. The third-order valence-corrected chi connectivity index (χ3v) is 4.77. The zero-order valence-electron chi connectivity index (χ0n) is 14.4. The number of nitro groups is 1. The molecule has 2 heterocycles. The summed E-state index contributed by atoms with van der Waals surface area (Å²) in [5, 5.41) is 15.3. The summed E-state index contributed by atoms with van der Waals surface area (Å²) in [5.41, 5.74) is 3.56. The Hall–Kier alpha value is -2.92. The van der Waals surface area contributed by atoms with Gasteiger partial charge in [0.2, 0.25) is 0 Å². The SMILES string of the molecule is CC1=C=NOC(C)=C1c1cc([N+](=O)[O-])c2nc(C)n(CC3CC3)c2c1. The molecule has 0 saturated heterocycles. The lowest BCUT2D eigenvalue weighted by molar-refractivity contribution is -0.383. The number of fused-ring (bicyclic) bond motifs is 1. The molecule has 1 aromatic carbocycles. The molecular weight excluding hydrogens is 320 g/mol. The molecule has 0 unspecified atom stereocenters. The monoisotopic (exact) mass is 338 g/mol. The second-order valence-electron chi connectivity index (χ2n) is 6.68. The van der Waals surface area contributed by atoms with Crippen molar-refractivity contribution in [2.45, 2.75) is 40.2 Å². The summed E-state index contributed by atoms with van der Waals surface area (Å²) in [5.74, 6) is 4.85. The van der Waals surface area contributed by atoms with Gasteiger partial charge in [-0.15, -0.1) is 0 Å². The lowest BCUT2D eigenvalue weighted by Crippen LogP contribution is -2.03. The Balaban J connectivity index is 1.98. The second kappa shape index (κ2) is 5.57. The lowest BCUT2D eigenvalue weighted by Gasteiger charge is -2.13. The number of non-ortho nitro benzene ring substituents is 1. The number of rotatable bonds is 4. The highest BCUT2D eigenvalue weighted by molar-refractivity contribution is 5.95. The van der Waals surface area contributed by atoms with Crippen molar-refractivity contribution < 1.29 is 9.76 Å². The van der Waals surface area contributed by atoms with E-state index in [0.29, 0.717) is 17.2 Å². The summed E-state index contributed by atoms with van der Waals surface area (Å²) in [4.78, 5) is 21.0. The van der Waals surface area contributed by atoms with Crippen LogP contribution in [0.4, 0.5) is 5.69 Å². The van der Waals surface area contributed by atoms with Crippen LogP contribution in [0.3, 0.4) is 0 Å². The molecule has 7 heteroatoms. The fourth-order valence-corrected chi connectivity index (χ4v) is 3.34. The van der Waals surface area contributed by atoms with E-state index in [1.54, 1.807) is 13.0 Å².